The summed E-state index contributed by atoms with van der Waals surface area (Å²) in [5, 5.41) is 6.67. The molecule has 0 aliphatic carbocycles. The standard InChI is InChI=1S/C20H18BrCl2NO2S/c1-25-19-8-13(10-24-11-14-4-3-7-27-14)16(21)9-20(19)26-12-15-17(22)5-2-6-18(15)23/h2-9,24H,10-12H2,1H3. The van der Waals surface area contributed by atoms with Gasteiger partial charge in [0.25, 0.3) is 0 Å². The molecule has 1 heterocycles. The fraction of sp³-hybridized carbons (Fsp3) is 0.200. The lowest BCUT2D eigenvalue weighted by molar-refractivity contribution is 0.284. The van der Waals surface area contributed by atoms with Gasteiger partial charge in [-0.2, -0.15) is 0 Å². The molecule has 0 amide bonds. The summed E-state index contributed by atoms with van der Waals surface area (Å²) in [5.41, 5.74) is 1.84. The molecule has 0 atom stereocenters. The Morgan fingerprint density at radius 1 is 1.04 bits per heavy atom. The second-order valence-corrected chi connectivity index (χ2v) is 8.47. The topological polar surface area (TPSA) is 30.5 Å². The van der Waals surface area contributed by atoms with Crippen molar-refractivity contribution < 1.29 is 9.47 Å². The van der Waals surface area contributed by atoms with E-state index in [9.17, 15) is 0 Å². The largest absolute Gasteiger partial charge is 0.493 e. The van der Waals surface area contributed by atoms with Gasteiger partial charge in [-0.25, -0.2) is 0 Å². The maximum atomic E-state index is 6.21. The first-order chi connectivity index (χ1) is 13.1. The van der Waals surface area contributed by atoms with Crippen LogP contribution in [0.3, 0.4) is 0 Å². The predicted molar refractivity (Wildman–Crippen MR) is 116 cm³/mol. The van der Waals surface area contributed by atoms with Crippen LogP contribution in [0.15, 0.2) is 52.3 Å². The van der Waals surface area contributed by atoms with Crippen molar-refractivity contribution in [1.82, 2.24) is 5.32 Å². The summed E-state index contributed by atoms with van der Waals surface area (Å²) in [6, 6.07) is 13.4. The Kier molecular flexibility index (Phi) is 7.44. The average molecular weight is 487 g/mol. The van der Waals surface area contributed by atoms with Crippen LogP contribution in [0.4, 0.5) is 0 Å². The number of nitrogens with one attached hydrogen (secondary N) is 1. The Bertz CT molecular complexity index is 883. The molecular weight excluding hydrogens is 469 g/mol. The van der Waals surface area contributed by atoms with Crippen LogP contribution in [0.5, 0.6) is 11.5 Å². The maximum Gasteiger partial charge on any atom is 0.162 e. The molecule has 3 rings (SSSR count). The molecule has 0 aliphatic rings. The molecule has 0 radical (unpaired) electrons. The van der Waals surface area contributed by atoms with Crippen LogP contribution in [0, 0.1) is 0 Å². The number of benzene rings is 2. The number of thiophene rings is 1. The highest BCUT2D eigenvalue weighted by molar-refractivity contribution is 9.10. The Labute approximate surface area is 181 Å². The quantitative estimate of drug-likeness (QED) is 0.384. The van der Waals surface area contributed by atoms with Crippen LogP contribution in [0.25, 0.3) is 0 Å². The minimum absolute atomic E-state index is 0.261. The van der Waals surface area contributed by atoms with Crippen molar-refractivity contribution in [3.8, 4) is 11.5 Å². The Hall–Kier alpha value is -1.24. The van der Waals surface area contributed by atoms with Crippen LogP contribution in [-0.2, 0) is 19.7 Å². The van der Waals surface area contributed by atoms with Gasteiger partial charge in [-0.3, -0.25) is 0 Å². The van der Waals surface area contributed by atoms with Crippen LogP contribution in [-0.4, -0.2) is 7.11 Å². The zero-order chi connectivity index (χ0) is 19.2. The van der Waals surface area contributed by atoms with Crippen molar-refractivity contribution in [3.63, 3.8) is 0 Å². The van der Waals surface area contributed by atoms with Crippen LogP contribution < -0.4 is 14.8 Å². The SMILES string of the molecule is COc1cc(CNCc2cccs2)c(Br)cc1OCc1c(Cl)cccc1Cl. The van der Waals surface area contributed by atoms with Gasteiger partial charge in [0.15, 0.2) is 11.5 Å². The second kappa shape index (κ2) is 9.80. The van der Waals surface area contributed by atoms with Gasteiger partial charge in [0.2, 0.25) is 0 Å². The van der Waals surface area contributed by atoms with Gasteiger partial charge >= 0.3 is 0 Å². The maximum absolute atomic E-state index is 6.21. The highest BCUT2D eigenvalue weighted by Gasteiger charge is 2.13. The van der Waals surface area contributed by atoms with Gasteiger partial charge < -0.3 is 14.8 Å². The van der Waals surface area contributed by atoms with E-state index in [2.05, 4.69) is 38.8 Å². The first kappa shape index (κ1) is 20.5. The van der Waals surface area contributed by atoms with E-state index in [0.717, 1.165) is 22.1 Å². The number of rotatable bonds is 8. The van der Waals surface area contributed by atoms with Gasteiger partial charge in [-0.15, -0.1) is 11.3 Å². The first-order valence-electron chi connectivity index (χ1n) is 8.23. The summed E-state index contributed by atoms with van der Waals surface area (Å²) in [7, 11) is 1.63. The van der Waals surface area contributed by atoms with Crippen molar-refractivity contribution in [2.24, 2.45) is 0 Å². The van der Waals surface area contributed by atoms with E-state index in [1.807, 2.05) is 18.2 Å². The summed E-state index contributed by atoms with van der Waals surface area (Å²) in [6.07, 6.45) is 0. The minimum atomic E-state index is 0.261. The molecule has 2 aromatic carbocycles. The number of methoxy groups -OCH3 is 1. The molecule has 0 unspecified atom stereocenters. The molecule has 0 saturated heterocycles. The van der Waals surface area contributed by atoms with Gasteiger partial charge in [0.05, 0.1) is 7.11 Å². The Balaban J connectivity index is 1.69. The molecule has 3 nitrogen and oxygen atoms in total. The van der Waals surface area contributed by atoms with Gasteiger partial charge in [-0.1, -0.05) is 51.3 Å². The lowest BCUT2D eigenvalue weighted by Gasteiger charge is -2.15. The number of ether oxygens (including phenoxy) is 2. The monoisotopic (exact) mass is 485 g/mol. The normalized spacial score (nSPS) is 10.8. The average Bonchev–Trinajstić information content (AvgIpc) is 3.16. The van der Waals surface area contributed by atoms with E-state index in [1.54, 1.807) is 30.6 Å². The predicted octanol–water partition coefficient (Wildman–Crippen LogP) is 6.69. The fourth-order valence-electron chi connectivity index (χ4n) is 2.54. The van der Waals surface area contributed by atoms with Crippen molar-refractivity contribution in [1.29, 1.82) is 0 Å². The molecule has 1 N–H and O–H groups in total. The molecule has 27 heavy (non-hydrogen) atoms. The molecule has 0 aliphatic heterocycles. The minimum Gasteiger partial charge on any atom is -0.493 e. The first-order valence-corrected chi connectivity index (χ1v) is 10.7. The lowest BCUT2D eigenvalue weighted by atomic mass is 10.2. The van der Waals surface area contributed by atoms with E-state index in [0.29, 0.717) is 28.1 Å². The molecule has 0 bridgehead atoms. The third-order valence-electron chi connectivity index (χ3n) is 3.96. The summed E-state index contributed by atoms with van der Waals surface area (Å²) in [6.45, 7) is 1.80. The van der Waals surface area contributed by atoms with E-state index < -0.39 is 0 Å². The fourth-order valence-corrected chi connectivity index (χ4v) is 4.18. The van der Waals surface area contributed by atoms with Gasteiger partial charge in [-0.05, 0) is 41.3 Å². The van der Waals surface area contributed by atoms with Crippen molar-refractivity contribution in [2.45, 2.75) is 19.7 Å². The number of hydrogen-bond donors (Lipinski definition) is 1. The van der Waals surface area contributed by atoms with E-state index in [4.69, 9.17) is 32.7 Å². The Morgan fingerprint density at radius 2 is 1.81 bits per heavy atom. The zero-order valence-corrected chi connectivity index (χ0v) is 18.5. The molecule has 0 fully saturated rings. The summed E-state index contributed by atoms with van der Waals surface area (Å²) in [5.74, 6) is 1.29. The summed E-state index contributed by atoms with van der Waals surface area (Å²) in [4.78, 5) is 1.30. The van der Waals surface area contributed by atoms with Crippen molar-refractivity contribution in [2.75, 3.05) is 7.11 Å². The second-order valence-electron chi connectivity index (χ2n) is 5.77. The van der Waals surface area contributed by atoms with Gasteiger partial charge in [0, 0.05) is 38.0 Å². The lowest BCUT2D eigenvalue weighted by Crippen LogP contribution is -2.12. The molecular formula is C20H18BrCl2NO2S. The van der Waals surface area contributed by atoms with E-state index >= 15 is 0 Å². The van der Waals surface area contributed by atoms with Crippen molar-refractivity contribution >= 4 is 50.5 Å². The smallest absolute Gasteiger partial charge is 0.162 e. The van der Waals surface area contributed by atoms with E-state index in [-0.39, 0.29) is 6.61 Å². The number of halogens is 3. The molecule has 7 heteroatoms. The number of hydrogen-bond acceptors (Lipinski definition) is 4. The third-order valence-corrected chi connectivity index (χ3v) is 6.28. The summed E-state index contributed by atoms with van der Waals surface area (Å²) < 4.78 is 12.4. The zero-order valence-electron chi connectivity index (χ0n) is 14.6. The van der Waals surface area contributed by atoms with Crippen LogP contribution >= 0.6 is 50.5 Å². The molecule has 142 valence electrons. The molecule has 0 spiro atoms. The molecule has 0 saturated carbocycles. The Morgan fingerprint density at radius 3 is 2.48 bits per heavy atom. The third kappa shape index (κ3) is 5.39. The highest BCUT2D eigenvalue weighted by Crippen LogP contribution is 2.35. The highest BCUT2D eigenvalue weighted by atomic mass is 79.9. The van der Waals surface area contributed by atoms with Crippen LogP contribution in [0.2, 0.25) is 10.0 Å². The van der Waals surface area contributed by atoms with Gasteiger partial charge in [0.1, 0.15) is 6.61 Å². The van der Waals surface area contributed by atoms with E-state index in [1.165, 1.54) is 4.88 Å². The molecule has 1 aromatic heterocycles. The van der Waals surface area contributed by atoms with Crippen molar-refractivity contribution in [3.05, 3.63) is 78.4 Å². The summed E-state index contributed by atoms with van der Waals surface area (Å²) >= 11 is 17.8. The molecule has 3 aromatic rings. The van der Waals surface area contributed by atoms with Crippen LogP contribution in [0.1, 0.15) is 16.0 Å².